The normalized spacial score (nSPS) is 18.6. The highest BCUT2D eigenvalue weighted by molar-refractivity contribution is 5.87. The number of piperidine rings is 1. The average Bonchev–Trinajstić information content (AvgIpc) is 2.74. The molecule has 1 aromatic heterocycles. The molecule has 0 saturated carbocycles. The highest BCUT2D eigenvalue weighted by Crippen LogP contribution is 2.35. The third kappa shape index (κ3) is 1.89. The predicted molar refractivity (Wildman–Crippen MR) is 74.2 cm³/mol. The molecule has 0 bridgehead atoms. The summed E-state index contributed by atoms with van der Waals surface area (Å²) < 4.78 is 0. The van der Waals surface area contributed by atoms with E-state index in [0.717, 1.165) is 18.7 Å². The monoisotopic (exact) mass is 244 g/mol. The van der Waals surface area contributed by atoms with E-state index in [2.05, 4.69) is 23.1 Å². The highest BCUT2D eigenvalue weighted by Gasteiger charge is 2.21. The first kappa shape index (κ1) is 11.6. The summed E-state index contributed by atoms with van der Waals surface area (Å²) in [6.45, 7) is 4.36. The Hall–Kier alpha value is -1.48. The molecule has 0 spiro atoms. The zero-order chi connectivity index (χ0) is 12.7. The van der Waals surface area contributed by atoms with Gasteiger partial charge in [-0.25, -0.2) is 0 Å². The first-order chi connectivity index (χ1) is 8.65. The molecule has 1 saturated heterocycles. The van der Waals surface area contributed by atoms with Crippen molar-refractivity contribution in [2.75, 3.05) is 20.1 Å². The number of H-pyrrole nitrogens is 1. The molecule has 1 aromatic carbocycles. The Balaban J connectivity index is 2.02. The van der Waals surface area contributed by atoms with E-state index in [1.165, 1.54) is 29.3 Å². The number of aromatic hydroxyl groups is 1. The minimum Gasteiger partial charge on any atom is -0.508 e. The molecule has 96 valence electrons. The number of rotatable bonds is 1. The number of aromatic amines is 1. The van der Waals surface area contributed by atoms with Crippen LogP contribution in [-0.2, 0) is 0 Å². The zero-order valence-corrected chi connectivity index (χ0v) is 11.0. The third-order valence-corrected chi connectivity index (χ3v) is 4.16. The topological polar surface area (TPSA) is 39.3 Å². The SMILES string of the molecule is Cc1cc(O)cc2c(C3CCN(C)CC3)c[nH]c12. The molecule has 1 fully saturated rings. The van der Waals surface area contributed by atoms with Gasteiger partial charge in [-0.15, -0.1) is 0 Å². The van der Waals surface area contributed by atoms with Crippen molar-refractivity contribution in [2.24, 2.45) is 0 Å². The summed E-state index contributed by atoms with van der Waals surface area (Å²) in [7, 11) is 2.18. The van der Waals surface area contributed by atoms with E-state index in [0.29, 0.717) is 11.7 Å². The number of benzene rings is 1. The van der Waals surface area contributed by atoms with Crippen LogP contribution in [0.3, 0.4) is 0 Å². The first-order valence-electron chi connectivity index (χ1n) is 6.64. The van der Waals surface area contributed by atoms with Gasteiger partial charge in [-0.3, -0.25) is 0 Å². The summed E-state index contributed by atoms with van der Waals surface area (Å²) in [5, 5.41) is 11.0. The number of hydrogen-bond donors (Lipinski definition) is 2. The van der Waals surface area contributed by atoms with Gasteiger partial charge in [0.2, 0.25) is 0 Å². The Bertz CT molecular complexity index is 565. The van der Waals surface area contributed by atoms with E-state index in [1.54, 1.807) is 0 Å². The number of nitrogens with one attached hydrogen (secondary N) is 1. The van der Waals surface area contributed by atoms with E-state index in [1.807, 2.05) is 19.1 Å². The van der Waals surface area contributed by atoms with Crippen LogP contribution in [0.2, 0.25) is 0 Å². The summed E-state index contributed by atoms with van der Waals surface area (Å²) in [6, 6.07) is 3.71. The van der Waals surface area contributed by atoms with Crippen molar-refractivity contribution >= 4 is 10.9 Å². The number of nitrogens with zero attached hydrogens (tertiary/aromatic N) is 1. The van der Waals surface area contributed by atoms with Crippen molar-refractivity contribution in [1.82, 2.24) is 9.88 Å². The van der Waals surface area contributed by atoms with E-state index < -0.39 is 0 Å². The Kier molecular flexibility index (Phi) is 2.78. The Morgan fingerprint density at radius 1 is 1.28 bits per heavy atom. The maximum Gasteiger partial charge on any atom is 0.116 e. The third-order valence-electron chi connectivity index (χ3n) is 4.16. The predicted octanol–water partition coefficient (Wildman–Crippen LogP) is 2.99. The molecule has 0 unspecified atom stereocenters. The van der Waals surface area contributed by atoms with Gasteiger partial charge in [-0.2, -0.15) is 0 Å². The summed E-state index contributed by atoms with van der Waals surface area (Å²) in [4.78, 5) is 5.75. The van der Waals surface area contributed by atoms with Crippen LogP contribution in [0.25, 0.3) is 10.9 Å². The molecule has 2 heterocycles. The van der Waals surface area contributed by atoms with Gasteiger partial charge in [-0.05, 0) is 69.1 Å². The van der Waals surface area contributed by atoms with Crippen LogP contribution >= 0.6 is 0 Å². The number of aromatic nitrogens is 1. The molecule has 3 heteroatoms. The van der Waals surface area contributed by atoms with E-state index in [-0.39, 0.29) is 0 Å². The number of likely N-dealkylation sites (tertiary alicyclic amines) is 1. The van der Waals surface area contributed by atoms with Crippen molar-refractivity contribution in [1.29, 1.82) is 0 Å². The average molecular weight is 244 g/mol. The van der Waals surface area contributed by atoms with Crippen molar-refractivity contribution in [3.05, 3.63) is 29.5 Å². The molecular formula is C15H20N2O. The standard InChI is InChI=1S/C15H20N2O/c1-10-7-12(18)8-13-14(9-16-15(10)13)11-3-5-17(2)6-4-11/h7-9,11,16,18H,3-6H2,1-2H3. The number of phenolic OH excluding ortho intramolecular Hbond substituents is 1. The molecule has 3 rings (SSSR count). The molecule has 0 radical (unpaired) electrons. The van der Waals surface area contributed by atoms with Crippen molar-refractivity contribution in [2.45, 2.75) is 25.7 Å². The fourth-order valence-electron chi connectivity index (χ4n) is 3.07. The fraction of sp³-hybridized carbons (Fsp3) is 0.467. The minimum atomic E-state index is 0.369. The highest BCUT2D eigenvalue weighted by atomic mass is 16.3. The lowest BCUT2D eigenvalue weighted by Gasteiger charge is -2.28. The quantitative estimate of drug-likeness (QED) is 0.809. The molecule has 18 heavy (non-hydrogen) atoms. The van der Waals surface area contributed by atoms with Crippen molar-refractivity contribution in [3.63, 3.8) is 0 Å². The molecule has 3 nitrogen and oxygen atoms in total. The smallest absolute Gasteiger partial charge is 0.116 e. The molecular weight excluding hydrogens is 224 g/mol. The van der Waals surface area contributed by atoms with E-state index >= 15 is 0 Å². The van der Waals surface area contributed by atoms with E-state index in [9.17, 15) is 5.11 Å². The second kappa shape index (κ2) is 4.32. The zero-order valence-electron chi connectivity index (χ0n) is 11.0. The molecule has 0 aliphatic carbocycles. The number of hydrogen-bond acceptors (Lipinski definition) is 2. The van der Waals surface area contributed by atoms with Gasteiger partial charge in [0.1, 0.15) is 5.75 Å². The van der Waals surface area contributed by atoms with Crippen LogP contribution in [0.4, 0.5) is 0 Å². The van der Waals surface area contributed by atoms with Gasteiger partial charge in [0.15, 0.2) is 0 Å². The summed E-state index contributed by atoms with van der Waals surface area (Å²) in [5.41, 5.74) is 3.66. The lowest BCUT2D eigenvalue weighted by molar-refractivity contribution is 0.256. The van der Waals surface area contributed by atoms with Crippen molar-refractivity contribution < 1.29 is 5.11 Å². The Labute approximate surface area is 107 Å². The van der Waals surface area contributed by atoms with Crippen LogP contribution in [0.15, 0.2) is 18.3 Å². The molecule has 1 aliphatic rings. The second-order valence-electron chi connectivity index (χ2n) is 5.51. The summed E-state index contributed by atoms with van der Waals surface area (Å²) in [5.74, 6) is 0.991. The number of phenols is 1. The van der Waals surface area contributed by atoms with Gasteiger partial charge >= 0.3 is 0 Å². The van der Waals surface area contributed by atoms with Crippen LogP contribution < -0.4 is 0 Å². The van der Waals surface area contributed by atoms with Gasteiger partial charge in [0, 0.05) is 17.1 Å². The van der Waals surface area contributed by atoms with Crippen LogP contribution in [-0.4, -0.2) is 35.1 Å². The maximum absolute atomic E-state index is 9.77. The largest absolute Gasteiger partial charge is 0.508 e. The fourth-order valence-corrected chi connectivity index (χ4v) is 3.07. The molecule has 1 aliphatic heterocycles. The van der Waals surface area contributed by atoms with Gasteiger partial charge in [0.25, 0.3) is 0 Å². The summed E-state index contributed by atoms with van der Waals surface area (Å²) in [6.07, 6.45) is 4.55. The lowest BCUT2D eigenvalue weighted by atomic mass is 9.89. The second-order valence-corrected chi connectivity index (χ2v) is 5.51. The van der Waals surface area contributed by atoms with Gasteiger partial charge in [-0.1, -0.05) is 0 Å². The maximum atomic E-state index is 9.77. The lowest BCUT2D eigenvalue weighted by Crippen LogP contribution is -2.29. The van der Waals surface area contributed by atoms with Crippen molar-refractivity contribution in [3.8, 4) is 5.75 Å². The number of fused-ring (bicyclic) bond motifs is 1. The van der Waals surface area contributed by atoms with Gasteiger partial charge in [0.05, 0.1) is 0 Å². The summed E-state index contributed by atoms with van der Waals surface area (Å²) >= 11 is 0. The van der Waals surface area contributed by atoms with E-state index in [4.69, 9.17) is 0 Å². The Morgan fingerprint density at radius 2 is 2.00 bits per heavy atom. The van der Waals surface area contributed by atoms with Crippen LogP contribution in [0, 0.1) is 6.92 Å². The van der Waals surface area contributed by atoms with Crippen LogP contribution in [0.5, 0.6) is 5.75 Å². The Morgan fingerprint density at radius 3 is 2.72 bits per heavy atom. The molecule has 0 atom stereocenters. The number of aryl methyl sites for hydroxylation is 1. The molecule has 2 N–H and O–H groups in total. The molecule has 0 amide bonds. The van der Waals surface area contributed by atoms with Crippen LogP contribution in [0.1, 0.15) is 29.9 Å². The van der Waals surface area contributed by atoms with Gasteiger partial charge < -0.3 is 15.0 Å². The minimum absolute atomic E-state index is 0.369. The molecule has 2 aromatic rings. The first-order valence-corrected chi connectivity index (χ1v) is 6.64.